The number of benzene rings is 2. The quantitative estimate of drug-likeness (QED) is 0.910. The van der Waals surface area contributed by atoms with Gasteiger partial charge in [-0.1, -0.05) is 18.2 Å². The lowest BCUT2D eigenvalue weighted by Crippen LogP contribution is -2.00. The largest absolute Gasteiger partial charge is 0.496 e. The van der Waals surface area contributed by atoms with Gasteiger partial charge in [-0.15, -0.1) is 0 Å². The van der Waals surface area contributed by atoms with E-state index in [0.29, 0.717) is 29.2 Å². The van der Waals surface area contributed by atoms with Crippen LogP contribution in [0.1, 0.15) is 24.2 Å². The molecule has 1 N–H and O–H groups in total. The van der Waals surface area contributed by atoms with Crippen LogP contribution in [-0.4, -0.2) is 12.2 Å². The summed E-state index contributed by atoms with van der Waals surface area (Å²) in [6, 6.07) is 14.8. The van der Waals surface area contributed by atoms with Gasteiger partial charge >= 0.3 is 0 Å². The average molecular weight is 283 g/mol. The van der Waals surface area contributed by atoms with Crippen LogP contribution >= 0.6 is 0 Å². The fourth-order valence-corrected chi connectivity index (χ4v) is 2.10. The van der Waals surface area contributed by atoms with Crippen LogP contribution < -0.4 is 9.47 Å². The first-order valence-corrected chi connectivity index (χ1v) is 6.64. The lowest BCUT2D eigenvalue weighted by molar-refractivity contribution is 0.190. The standard InChI is InChI=1S/C17H17NO3/c1-12(19)17-15(20-2)4-3-5-16(17)21-14-8-6-13(7-9-14)10-11-18/h3-9,12,19H,10H2,1-2H3/t12-/m0/s1. The monoisotopic (exact) mass is 283 g/mol. The number of aliphatic hydroxyl groups excluding tert-OH is 1. The Labute approximate surface area is 124 Å². The third kappa shape index (κ3) is 3.53. The Hall–Kier alpha value is -2.51. The number of rotatable bonds is 5. The number of ether oxygens (including phenoxy) is 2. The number of nitriles is 1. The minimum absolute atomic E-state index is 0.373. The van der Waals surface area contributed by atoms with Crippen LogP contribution in [0.25, 0.3) is 0 Å². The molecule has 0 aromatic heterocycles. The Balaban J connectivity index is 2.29. The third-order valence-electron chi connectivity index (χ3n) is 3.10. The normalized spacial score (nSPS) is 11.5. The number of nitrogens with zero attached hydrogens (tertiary/aromatic N) is 1. The van der Waals surface area contributed by atoms with Gasteiger partial charge in [0.25, 0.3) is 0 Å². The van der Waals surface area contributed by atoms with Gasteiger partial charge in [0.1, 0.15) is 17.2 Å². The van der Waals surface area contributed by atoms with Crippen molar-refractivity contribution in [2.24, 2.45) is 0 Å². The summed E-state index contributed by atoms with van der Waals surface area (Å²) in [5.41, 5.74) is 1.55. The van der Waals surface area contributed by atoms with Gasteiger partial charge in [-0.2, -0.15) is 5.26 Å². The Morgan fingerprint density at radius 2 is 1.81 bits per heavy atom. The minimum Gasteiger partial charge on any atom is -0.496 e. The van der Waals surface area contributed by atoms with Crippen molar-refractivity contribution in [2.75, 3.05) is 7.11 Å². The summed E-state index contributed by atoms with van der Waals surface area (Å²) in [7, 11) is 1.56. The second kappa shape index (κ2) is 6.78. The fraction of sp³-hybridized carbons (Fsp3) is 0.235. The highest BCUT2D eigenvalue weighted by Crippen LogP contribution is 2.36. The number of methoxy groups -OCH3 is 1. The molecule has 0 aliphatic carbocycles. The van der Waals surface area contributed by atoms with E-state index in [1.807, 2.05) is 18.2 Å². The molecule has 4 heteroatoms. The molecule has 2 rings (SSSR count). The fourth-order valence-electron chi connectivity index (χ4n) is 2.10. The van der Waals surface area contributed by atoms with E-state index in [1.54, 1.807) is 38.3 Å². The van der Waals surface area contributed by atoms with Crippen LogP contribution in [0.4, 0.5) is 0 Å². The van der Waals surface area contributed by atoms with Crippen LogP contribution in [0.5, 0.6) is 17.2 Å². The van der Waals surface area contributed by atoms with Gasteiger partial charge in [0.05, 0.1) is 31.3 Å². The van der Waals surface area contributed by atoms with E-state index in [4.69, 9.17) is 14.7 Å². The van der Waals surface area contributed by atoms with Crippen molar-refractivity contribution in [3.8, 4) is 23.3 Å². The van der Waals surface area contributed by atoms with E-state index >= 15 is 0 Å². The Morgan fingerprint density at radius 1 is 1.14 bits per heavy atom. The van der Waals surface area contributed by atoms with E-state index in [2.05, 4.69) is 6.07 Å². The second-order valence-electron chi connectivity index (χ2n) is 4.63. The highest BCUT2D eigenvalue weighted by molar-refractivity contribution is 5.48. The van der Waals surface area contributed by atoms with Crippen molar-refractivity contribution in [3.63, 3.8) is 0 Å². The molecule has 0 spiro atoms. The SMILES string of the molecule is COc1cccc(Oc2ccc(CC#N)cc2)c1[C@H](C)O. The van der Waals surface area contributed by atoms with Crippen molar-refractivity contribution in [2.45, 2.75) is 19.4 Å². The summed E-state index contributed by atoms with van der Waals surface area (Å²) in [6.07, 6.45) is -0.327. The van der Waals surface area contributed by atoms with Gasteiger partial charge in [0, 0.05) is 0 Å². The molecule has 4 nitrogen and oxygen atoms in total. The number of aliphatic hydroxyl groups is 1. The first-order chi connectivity index (χ1) is 10.2. The molecule has 0 aliphatic heterocycles. The maximum Gasteiger partial charge on any atom is 0.136 e. The first kappa shape index (κ1) is 14.9. The summed E-state index contributed by atoms with van der Waals surface area (Å²) in [4.78, 5) is 0. The van der Waals surface area contributed by atoms with Crippen molar-refractivity contribution >= 4 is 0 Å². The zero-order valence-electron chi connectivity index (χ0n) is 12.0. The zero-order valence-corrected chi connectivity index (χ0v) is 12.0. The van der Waals surface area contributed by atoms with Crippen LogP contribution in [0, 0.1) is 11.3 Å². The lowest BCUT2D eigenvalue weighted by Gasteiger charge is -2.16. The molecule has 0 saturated heterocycles. The molecule has 2 aromatic carbocycles. The highest BCUT2D eigenvalue weighted by atomic mass is 16.5. The maximum absolute atomic E-state index is 9.91. The summed E-state index contributed by atoms with van der Waals surface area (Å²) in [5.74, 6) is 1.79. The topological polar surface area (TPSA) is 62.5 Å². The molecule has 0 amide bonds. The van der Waals surface area contributed by atoms with Gasteiger partial charge in [-0.25, -0.2) is 0 Å². The first-order valence-electron chi connectivity index (χ1n) is 6.64. The van der Waals surface area contributed by atoms with Crippen molar-refractivity contribution in [3.05, 3.63) is 53.6 Å². The molecule has 0 unspecified atom stereocenters. The van der Waals surface area contributed by atoms with E-state index in [9.17, 15) is 5.11 Å². The average Bonchev–Trinajstić information content (AvgIpc) is 2.49. The van der Waals surface area contributed by atoms with E-state index < -0.39 is 6.10 Å². The summed E-state index contributed by atoms with van der Waals surface area (Å²) < 4.78 is 11.1. The summed E-state index contributed by atoms with van der Waals surface area (Å²) >= 11 is 0. The summed E-state index contributed by atoms with van der Waals surface area (Å²) in [5, 5.41) is 18.6. The highest BCUT2D eigenvalue weighted by Gasteiger charge is 2.15. The van der Waals surface area contributed by atoms with Crippen LogP contribution in [0.3, 0.4) is 0 Å². The number of hydrogen-bond acceptors (Lipinski definition) is 4. The van der Waals surface area contributed by atoms with Crippen molar-refractivity contribution in [1.82, 2.24) is 0 Å². The summed E-state index contributed by atoms with van der Waals surface area (Å²) in [6.45, 7) is 1.67. The third-order valence-corrected chi connectivity index (χ3v) is 3.10. The van der Waals surface area contributed by atoms with E-state index in [0.717, 1.165) is 5.56 Å². The van der Waals surface area contributed by atoms with Crippen molar-refractivity contribution in [1.29, 1.82) is 5.26 Å². The van der Waals surface area contributed by atoms with E-state index in [-0.39, 0.29) is 0 Å². The van der Waals surface area contributed by atoms with Gasteiger partial charge in [0.15, 0.2) is 0 Å². The lowest BCUT2D eigenvalue weighted by atomic mass is 10.1. The van der Waals surface area contributed by atoms with Gasteiger partial charge < -0.3 is 14.6 Å². The molecular weight excluding hydrogens is 266 g/mol. The smallest absolute Gasteiger partial charge is 0.136 e. The molecular formula is C17H17NO3. The van der Waals surface area contributed by atoms with E-state index in [1.165, 1.54) is 0 Å². The molecule has 0 radical (unpaired) electrons. The van der Waals surface area contributed by atoms with Crippen LogP contribution in [-0.2, 0) is 6.42 Å². The molecule has 0 fully saturated rings. The minimum atomic E-state index is -0.700. The molecule has 0 aliphatic rings. The molecule has 0 saturated carbocycles. The molecule has 21 heavy (non-hydrogen) atoms. The van der Waals surface area contributed by atoms with Crippen LogP contribution in [0.2, 0.25) is 0 Å². The molecule has 108 valence electrons. The number of hydrogen-bond donors (Lipinski definition) is 1. The second-order valence-corrected chi connectivity index (χ2v) is 4.63. The molecule has 0 heterocycles. The molecule has 2 aromatic rings. The van der Waals surface area contributed by atoms with Crippen LogP contribution in [0.15, 0.2) is 42.5 Å². The van der Waals surface area contributed by atoms with Gasteiger partial charge in [-0.05, 0) is 36.8 Å². The van der Waals surface area contributed by atoms with Crippen molar-refractivity contribution < 1.29 is 14.6 Å². The predicted molar refractivity (Wildman–Crippen MR) is 79.5 cm³/mol. The Morgan fingerprint density at radius 3 is 2.38 bits per heavy atom. The van der Waals surface area contributed by atoms with Gasteiger partial charge in [0.2, 0.25) is 0 Å². The Kier molecular flexibility index (Phi) is 4.81. The van der Waals surface area contributed by atoms with Gasteiger partial charge in [-0.3, -0.25) is 0 Å². The Bertz CT molecular complexity index is 642. The molecule has 0 bridgehead atoms. The molecule has 1 atom stereocenters. The maximum atomic E-state index is 9.91. The zero-order chi connectivity index (χ0) is 15.2. The predicted octanol–water partition coefficient (Wildman–Crippen LogP) is 3.61.